The van der Waals surface area contributed by atoms with E-state index in [1.165, 1.54) is 0 Å². The van der Waals surface area contributed by atoms with E-state index in [0.717, 1.165) is 11.4 Å². The molecule has 6 heteroatoms. The number of anilines is 2. The molecule has 106 valence electrons. The minimum atomic E-state index is -3.22. The Kier molecular flexibility index (Phi) is 4.57. The number of benzene rings is 1. The minimum Gasteiger partial charge on any atom is -0.379 e. The lowest BCUT2D eigenvalue weighted by Gasteiger charge is -2.08. The van der Waals surface area contributed by atoms with Crippen molar-refractivity contribution in [2.24, 2.45) is 0 Å². The highest BCUT2D eigenvalue weighted by Gasteiger charge is 2.06. The predicted octanol–water partition coefficient (Wildman–Crippen LogP) is 2.46. The van der Waals surface area contributed by atoms with Gasteiger partial charge in [-0.1, -0.05) is 6.07 Å². The third-order valence-electron chi connectivity index (χ3n) is 2.74. The van der Waals surface area contributed by atoms with Crippen LogP contribution in [0.3, 0.4) is 0 Å². The second-order valence-corrected chi connectivity index (χ2v) is 6.27. The van der Waals surface area contributed by atoms with Crippen molar-refractivity contribution in [3.63, 3.8) is 0 Å². The molecule has 0 spiro atoms. The van der Waals surface area contributed by atoms with Crippen LogP contribution >= 0.6 is 0 Å². The molecule has 0 bridgehead atoms. The summed E-state index contributed by atoms with van der Waals surface area (Å²) in [6, 6.07) is 12.9. The second-order valence-electron chi connectivity index (χ2n) is 4.26. The van der Waals surface area contributed by atoms with Crippen LogP contribution in [0.25, 0.3) is 0 Å². The Balaban J connectivity index is 1.95. The van der Waals surface area contributed by atoms with E-state index in [1.807, 2.05) is 30.3 Å². The molecule has 5 nitrogen and oxygen atoms in total. The first-order valence-electron chi connectivity index (χ1n) is 6.33. The molecule has 0 fully saturated rings. The first kappa shape index (κ1) is 14.3. The monoisotopic (exact) mass is 291 g/mol. The van der Waals surface area contributed by atoms with E-state index >= 15 is 0 Å². The van der Waals surface area contributed by atoms with Gasteiger partial charge in [0.1, 0.15) is 0 Å². The fourth-order valence-corrected chi connectivity index (χ4v) is 2.24. The van der Waals surface area contributed by atoms with Gasteiger partial charge in [0.15, 0.2) is 0 Å². The van der Waals surface area contributed by atoms with E-state index in [0.29, 0.717) is 12.2 Å². The molecule has 0 radical (unpaired) electrons. The average Bonchev–Trinajstić information content (AvgIpc) is 2.47. The average molecular weight is 291 g/mol. The van der Waals surface area contributed by atoms with Gasteiger partial charge in [-0.15, -0.1) is 0 Å². The maximum atomic E-state index is 11.4. The number of rotatable bonds is 6. The first-order chi connectivity index (χ1) is 9.59. The highest BCUT2D eigenvalue weighted by Crippen LogP contribution is 2.15. The van der Waals surface area contributed by atoms with Gasteiger partial charge in [-0.05, 0) is 43.3 Å². The van der Waals surface area contributed by atoms with Crippen molar-refractivity contribution in [1.29, 1.82) is 0 Å². The summed E-state index contributed by atoms with van der Waals surface area (Å²) in [4.78, 5) is 4.22. The third kappa shape index (κ3) is 4.24. The van der Waals surface area contributed by atoms with Crippen LogP contribution in [-0.2, 0) is 16.6 Å². The van der Waals surface area contributed by atoms with Crippen LogP contribution in [0.4, 0.5) is 11.4 Å². The molecule has 0 saturated heterocycles. The quantitative estimate of drug-likeness (QED) is 0.857. The van der Waals surface area contributed by atoms with E-state index in [9.17, 15) is 8.42 Å². The molecule has 20 heavy (non-hydrogen) atoms. The van der Waals surface area contributed by atoms with Gasteiger partial charge in [0.2, 0.25) is 10.0 Å². The van der Waals surface area contributed by atoms with Crippen molar-refractivity contribution in [2.45, 2.75) is 13.5 Å². The zero-order chi connectivity index (χ0) is 14.4. The summed E-state index contributed by atoms with van der Waals surface area (Å²) in [6.07, 6.45) is 1.75. The molecular formula is C14H17N3O2S. The van der Waals surface area contributed by atoms with E-state index in [4.69, 9.17) is 0 Å². The Morgan fingerprint density at radius 1 is 1.05 bits per heavy atom. The minimum absolute atomic E-state index is 0.0622. The molecular weight excluding hydrogens is 274 g/mol. The number of sulfonamides is 1. The van der Waals surface area contributed by atoms with Gasteiger partial charge < -0.3 is 5.32 Å². The van der Waals surface area contributed by atoms with Gasteiger partial charge >= 0.3 is 0 Å². The summed E-state index contributed by atoms with van der Waals surface area (Å²) in [5.74, 6) is 0.0622. The van der Waals surface area contributed by atoms with Gasteiger partial charge in [-0.2, -0.15) is 0 Å². The van der Waals surface area contributed by atoms with Crippen LogP contribution in [0.1, 0.15) is 12.6 Å². The molecule has 0 atom stereocenters. The number of hydrogen-bond acceptors (Lipinski definition) is 4. The number of pyridine rings is 1. The lowest BCUT2D eigenvalue weighted by Crippen LogP contribution is -2.14. The largest absolute Gasteiger partial charge is 0.379 e. The summed E-state index contributed by atoms with van der Waals surface area (Å²) >= 11 is 0. The van der Waals surface area contributed by atoms with Crippen molar-refractivity contribution in [1.82, 2.24) is 4.98 Å². The van der Waals surface area contributed by atoms with Gasteiger partial charge in [-0.3, -0.25) is 9.71 Å². The molecule has 0 amide bonds. The summed E-state index contributed by atoms with van der Waals surface area (Å²) in [6.45, 7) is 2.23. The van der Waals surface area contributed by atoms with E-state index in [-0.39, 0.29) is 5.75 Å². The molecule has 2 rings (SSSR count). The van der Waals surface area contributed by atoms with Crippen molar-refractivity contribution in [3.05, 3.63) is 54.4 Å². The highest BCUT2D eigenvalue weighted by molar-refractivity contribution is 7.92. The number of nitrogens with zero attached hydrogens (tertiary/aromatic N) is 1. The zero-order valence-corrected chi connectivity index (χ0v) is 12.0. The summed E-state index contributed by atoms with van der Waals surface area (Å²) < 4.78 is 25.4. The zero-order valence-electron chi connectivity index (χ0n) is 11.2. The van der Waals surface area contributed by atoms with Crippen LogP contribution in [-0.4, -0.2) is 19.2 Å². The van der Waals surface area contributed by atoms with E-state index < -0.39 is 10.0 Å². The van der Waals surface area contributed by atoms with Crippen molar-refractivity contribution in [3.8, 4) is 0 Å². The lowest BCUT2D eigenvalue weighted by molar-refractivity contribution is 0.602. The Bertz CT molecular complexity index is 640. The Hall–Kier alpha value is -2.08. The first-order valence-corrected chi connectivity index (χ1v) is 7.98. The summed E-state index contributed by atoms with van der Waals surface area (Å²) in [5, 5.41) is 3.23. The van der Waals surface area contributed by atoms with E-state index in [1.54, 1.807) is 25.3 Å². The Morgan fingerprint density at radius 2 is 1.75 bits per heavy atom. The van der Waals surface area contributed by atoms with Gasteiger partial charge in [0.25, 0.3) is 0 Å². The predicted molar refractivity (Wildman–Crippen MR) is 81.1 cm³/mol. The summed E-state index contributed by atoms with van der Waals surface area (Å²) in [5.41, 5.74) is 2.42. The third-order valence-corrected chi connectivity index (χ3v) is 4.04. The lowest BCUT2D eigenvalue weighted by atomic mass is 10.3. The van der Waals surface area contributed by atoms with Crippen molar-refractivity contribution in [2.75, 3.05) is 15.8 Å². The Morgan fingerprint density at radius 3 is 2.35 bits per heavy atom. The standard InChI is InChI=1S/C14H17N3O2S/c1-2-20(18,19)17-13-8-6-12(7-9-13)16-11-14-5-3-4-10-15-14/h3-10,16-17H,2,11H2,1H3. The van der Waals surface area contributed by atoms with Crippen molar-refractivity contribution >= 4 is 21.4 Å². The highest BCUT2D eigenvalue weighted by atomic mass is 32.2. The second kappa shape index (κ2) is 6.38. The van der Waals surface area contributed by atoms with Gasteiger partial charge in [0.05, 0.1) is 18.0 Å². The van der Waals surface area contributed by atoms with Crippen LogP contribution in [0.2, 0.25) is 0 Å². The van der Waals surface area contributed by atoms with Crippen LogP contribution in [0.5, 0.6) is 0 Å². The fourth-order valence-electron chi connectivity index (χ4n) is 1.60. The van der Waals surface area contributed by atoms with Gasteiger partial charge in [0, 0.05) is 17.6 Å². The van der Waals surface area contributed by atoms with Crippen LogP contribution in [0, 0.1) is 0 Å². The van der Waals surface area contributed by atoms with Gasteiger partial charge in [-0.25, -0.2) is 8.42 Å². The fraction of sp³-hybridized carbons (Fsp3) is 0.214. The molecule has 0 aliphatic carbocycles. The molecule has 1 aromatic heterocycles. The molecule has 0 saturated carbocycles. The van der Waals surface area contributed by atoms with Crippen molar-refractivity contribution < 1.29 is 8.42 Å². The topological polar surface area (TPSA) is 71.1 Å². The normalized spacial score (nSPS) is 11.1. The van der Waals surface area contributed by atoms with Crippen LogP contribution in [0.15, 0.2) is 48.7 Å². The van der Waals surface area contributed by atoms with E-state index in [2.05, 4.69) is 15.0 Å². The maximum absolute atomic E-state index is 11.4. The molecule has 0 aliphatic heterocycles. The Labute approximate surface area is 119 Å². The van der Waals surface area contributed by atoms with Crippen LogP contribution < -0.4 is 10.0 Å². The maximum Gasteiger partial charge on any atom is 0.232 e. The SMILES string of the molecule is CCS(=O)(=O)Nc1ccc(NCc2ccccn2)cc1. The molecule has 0 unspecified atom stereocenters. The molecule has 1 aromatic carbocycles. The molecule has 2 aromatic rings. The number of hydrogen-bond donors (Lipinski definition) is 2. The molecule has 2 N–H and O–H groups in total. The smallest absolute Gasteiger partial charge is 0.232 e. The molecule has 1 heterocycles. The molecule has 0 aliphatic rings. The number of aromatic nitrogens is 1. The number of nitrogens with one attached hydrogen (secondary N) is 2. The summed E-state index contributed by atoms with van der Waals surface area (Å²) in [7, 11) is -3.22.